The molecule has 0 aliphatic carbocycles. The Labute approximate surface area is 96.7 Å². The number of hydrogen-bond donors (Lipinski definition) is 1. The van der Waals surface area contributed by atoms with Crippen LogP contribution in [0.5, 0.6) is 5.75 Å². The number of phenolic OH excluding ortho intramolecular Hbond substituents is 1. The summed E-state index contributed by atoms with van der Waals surface area (Å²) in [6, 6.07) is 6.68. The Bertz CT molecular complexity index is 363. The summed E-state index contributed by atoms with van der Waals surface area (Å²) in [6.45, 7) is 4.13. The molecule has 0 radical (unpaired) electrons. The molecule has 1 aromatic carbocycles. The predicted octanol–water partition coefficient (Wildman–Crippen LogP) is 2.65. The van der Waals surface area contributed by atoms with Crippen LogP contribution in [0.2, 0.25) is 0 Å². The van der Waals surface area contributed by atoms with Gasteiger partial charge in [-0.1, -0.05) is 19.4 Å². The van der Waals surface area contributed by atoms with Crippen molar-refractivity contribution in [2.75, 3.05) is 7.05 Å². The lowest BCUT2D eigenvalue weighted by Gasteiger charge is -2.24. The zero-order valence-corrected chi connectivity index (χ0v) is 10.1. The van der Waals surface area contributed by atoms with Crippen LogP contribution >= 0.6 is 0 Å². The summed E-state index contributed by atoms with van der Waals surface area (Å²) in [5, 5.41) is 9.31. The van der Waals surface area contributed by atoms with Crippen LogP contribution in [0.1, 0.15) is 37.0 Å². The second kappa shape index (κ2) is 5.54. The molecular formula is C13H19NO2. The largest absolute Gasteiger partial charge is 0.508 e. The fourth-order valence-electron chi connectivity index (χ4n) is 1.65. The van der Waals surface area contributed by atoms with Gasteiger partial charge in [0.15, 0.2) is 0 Å². The average Bonchev–Trinajstić information content (AvgIpc) is 2.27. The maximum absolute atomic E-state index is 12.0. The van der Waals surface area contributed by atoms with E-state index in [9.17, 15) is 9.90 Å². The first-order valence-corrected chi connectivity index (χ1v) is 5.62. The summed E-state index contributed by atoms with van der Waals surface area (Å²) in [6.07, 6.45) is 2.04. The fraction of sp³-hybridized carbons (Fsp3) is 0.462. The van der Waals surface area contributed by atoms with Gasteiger partial charge in [0.1, 0.15) is 5.75 Å². The molecule has 3 heteroatoms. The van der Waals surface area contributed by atoms with Crippen molar-refractivity contribution >= 4 is 5.91 Å². The van der Waals surface area contributed by atoms with Crippen LogP contribution in [-0.2, 0) is 0 Å². The van der Waals surface area contributed by atoms with Gasteiger partial charge in [-0.25, -0.2) is 0 Å². The highest BCUT2D eigenvalue weighted by atomic mass is 16.3. The van der Waals surface area contributed by atoms with E-state index in [1.807, 2.05) is 6.92 Å². The van der Waals surface area contributed by atoms with E-state index < -0.39 is 0 Å². The SMILES string of the molecule is CCCC(C)N(C)C(=O)c1cccc(O)c1. The summed E-state index contributed by atoms with van der Waals surface area (Å²) >= 11 is 0. The number of carbonyl (C=O) groups is 1. The van der Waals surface area contributed by atoms with Crippen LogP contribution in [0, 0.1) is 0 Å². The number of aromatic hydroxyl groups is 1. The van der Waals surface area contributed by atoms with E-state index in [-0.39, 0.29) is 17.7 Å². The van der Waals surface area contributed by atoms with Crippen molar-refractivity contribution in [2.45, 2.75) is 32.7 Å². The molecule has 3 nitrogen and oxygen atoms in total. The van der Waals surface area contributed by atoms with Gasteiger partial charge in [0.05, 0.1) is 0 Å². The van der Waals surface area contributed by atoms with Gasteiger partial charge in [-0.15, -0.1) is 0 Å². The Morgan fingerprint density at radius 2 is 2.19 bits per heavy atom. The molecule has 1 unspecified atom stereocenters. The molecule has 1 aromatic rings. The number of benzene rings is 1. The Balaban J connectivity index is 2.77. The second-order valence-corrected chi connectivity index (χ2v) is 4.10. The van der Waals surface area contributed by atoms with Gasteiger partial charge < -0.3 is 10.0 Å². The maximum Gasteiger partial charge on any atom is 0.253 e. The van der Waals surface area contributed by atoms with E-state index in [0.717, 1.165) is 12.8 Å². The number of nitrogens with zero attached hydrogens (tertiary/aromatic N) is 1. The van der Waals surface area contributed by atoms with Gasteiger partial charge in [0, 0.05) is 18.7 Å². The highest BCUT2D eigenvalue weighted by molar-refractivity contribution is 5.94. The van der Waals surface area contributed by atoms with E-state index in [1.165, 1.54) is 6.07 Å². The summed E-state index contributed by atoms with van der Waals surface area (Å²) in [4.78, 5) is 13.7. The van der Waals surface area contributed by atoms with Crippen LogP contribution in [0.4, 0.5) is 0 Å². The Morgan fingerprint density at radius 3 is 2.75 bits per heavy atom. The molecule has 0 aromatic heterocycles. The lowest BCUT2D eigenvalue weighted by molar-refractivity contribution is 0.0736. The van der Waals surface area contributed by atoms with Gasteiger partial charge in [0.2, 0.25) is 0 Å². The Morgan fingerprint density at radius 1 is 1.50 bits per heavy atom. The van der Waals surface area contributed by atoms with Crippen LogP contribution in [-0.4, -0.2) is 29.0 Å². The molecule has 0 saturated carbocycles. The summed E-state index contributed by atoms with van der Waals surface area (Å²) in [5.41, 5.74) is 0.533. The minimum Gasteiger partial charge on any atom is -0.508 e. The molecule has 0 saturated heterocycles. The zero-order chi connectivity index (χ0) is 12.1. The number of phenols is 1. The topological polar surface area (TPSA) is 40.5 Å². The minimum atomic E-state index is -0.0446. The molecule has 16 heavy (non-hydrogen) atoms. The van der Waals surface area contributed by atoms with Crippen molar-refractivity contribution in [1.82, 2.24) is 4.90 Å². The summed E-state index contributed by atoms with van der Waals surface area (Å²) < 4.78 is 0. The van der Waals surface area contributed by atoms with Crippen molar-refractivity contribution in [1.29, 1.82) is 0 Å². The molecule has 1 amide bonds. The monoisotopic (exact) mass is 221 g/mol. The zero-order valence-electron chi connectivity index (χ0n) is 10.1. The van der Waals surface area contributed by atoms with Crippen molar-refractivity contribution < 1.29 is 9.90 Å². The molecular weight excluding hydrogens is 202 g/mol. The Kier molecular flexibility index (Phi) is 4.35. The molecule has 1 N–H and O–H groups in total. The highest BCUT2D eigenvalue weighted by Crippen LogP contribution is 2.14. The van der Waals surface area contributed by atoms with Crippen LogP contribution in [0.15, 0.2) is 24.3 Å². The predicted molar refractivity (Wildman–Crippen MR) is 64.6 cm³/mol. The lowest BCUT2D eigenvalue weighted by Crippen LogP contribution is -2.34. The van der Waals surface area contributed by atoms with Gasteiger partial charge in [-0.05, 0) is 31.5 Å². The highest BCUT2D eigenvalue weighted by Gasteiger charge is 2.16. The third kappa shape index (κ3) is 2.99. The molecule has 0 spiro atoms. The van der Waals surface area contributed by atoms with E-state index >= 15 is 0 Å². The van der Waals surface area contributed by atoms with E-state index in [4.69, 9.17) is 0 Å². The Hall–Kier alpha value is -1.51. The maximum atomic E-state index is 12.0. The van der Waals surface area contributed by atoms with E-state index in [1.54, 1.807) is 30.1 Å². The third-order valence-corrected chi connectivity index (χ3v) is 2.78. The quantitative estimate of drug-likeness (QED) is 0.849. The number of carbonyl (C=O) groups excluding carboxylic acids is 1. The summed E-state index contributed by atoms with van der Waals surface area (Å²) in [5.74, 6) is 0.0826. The number of amides is 1. The van der Waals surface area contributed by atoms with Gasteiger partial charge >= 0.3 is 0 Å². The van der Waals surface area contributed by atoms with Crippen molar-refractivity contribution in [2.24, 2.45) is 0 Å². The van der Waals surface area contributed by atoms with Crippen LogP contribution in [0.3, 0.4) is 0 Å². The normalized spacial score (nSPS) is 12.2. The number of hydrogen-bond acceptors (Lipinski definition) is 2. The van der Waals surface area contributed by atoms with Crippen LogP contribution < -0.4 is 0 Å². The minimum absolute atomic E-state index is 0.0446. The molecule has 0 bridgehead atoms. The molecule has 88 valence electrons. The summed E-state index contributed by atoms with van der Waals surface area (Å²) in [7, 11) is 1.80. The van der Waals surface area contributed by atoms with E-state index in [0.29, 0.717) is 5.56 Å². The second-order valence-electron chi connectivity index (χ2n) is 4.10. The lowest BCUT2D eigenvalue weighted by atomic mass is 10.1. The molecule has 0 aliphatic rings. The van der Waals surface area contributed by atoms with Crippen molar-refractivity contribution in [3.05, 3.63) is 29.8 Å². The van der Waals surface area contributed by atoms with Crippen molar-refractivity contribution in [3.63, 3.8) is 0 Å². The van der Waals surface area contributed by atoms with Crippen LogP contribution in [0.25, 0.3) is 0 Å². The van der Waals surface area contributed by atoms with Gasteiger partial charge in [-0.2, -0.15) is 0 Å². The first kappa shape index (κ1) is 12.6. The molecule has 1 atom stereocenters. The third-order valence-electron chi connectivity index (χ3n) is 2.78. The average molecular weight is 221 g/mol. The first-order valence-electron chi connectivity index (χ1n) is 5.62. The molecule has 0 fully saturated rings. The van der Waals surface area contributed by atoms with Gasteiger partial charge in [0.25, 0.3) is 5.91 Å². The van der Waals surface area contributed by atoms with E-state index in [2.05, 4.69) is 6.92 Å². The number of rotatable bonds is 4. The fourth-order valence-corrected chi connectivity index (χ4v) is 1.65. The smallest absolute Gasteiger partial charge is 0.253 e. The molecule has 1 rings (SSSR count). The van der Waals surface area contributed by atoms with Gasteiger partial charge in [-0.3, -0.25) is 4.79 Å². The standard InChI is InChI=1S/C13H19NO2/c1-4-6-10(2)14(3)13(16)11-7-5-8-12(15)9-11/h5,7-10,15H,4,6H2,1-3H3. The molecule has 0 heterocycles. The molecule has 0 aliphatic heterocycles. The van der Waals surface area contributed by atoms with Crippen molar-refractivity contribution in [3.8, 4) is 5.75 Å². The first-order chi connectivity index (χ1) is 7.56.